The van der Waals surface area contributed by atoms with Crippen molar-refractivity contribution >= 4 is 27.5 Å². The molecular formula is C41H40FN3O5S. The number of ether oxygens (including phenoxy) is 1. The van der Waals surface area contributed by atoms with Crippen LogP contribution in [0.25, 0.3) is 0 Å². The number of nitrogens with zero attached hydrogens (tertiary/aromatic N) is 2. The maximum atomic E-state index is 14.7. The van der Waals surface area contributed by atoms with Gasteiger partial charge in [0.25, 0.3) is 10.0 Å². The molecule has 0 heterocycles. The Labute approximate surface area is 298 Å². The first-order chi connectivity index (χ1) is 24.8. The number of carbonyl (C=O) groups excluding carboxylic acids is 2. The van der Waals surface area contributed by atoms with E-state index < -0.39 is 34.3 Å². The summed E-state index contributed by atoms with van der Waals surface area (Å²) in [6.45, 7) is -0.642. The van der Waals surface area contributed by atoms with Crippen molar-refractivity contribution < 1.29 is 27.1 Å². The van der Waals surface area contributed by atoms with Crippen LogP contribution in [0.3, 0.4) is 0 Å². The van der Waals surface area contributed by atoms with E-state index in [1.54, 1.807) is 54.6 Å². The summed E-state index contributed by atoms with van der Waals surface area (Å²) in [6, 6.07) is 37.7. The van der Waals surface area contributed by atoms with E-state index in [0.717, 1.165) is 35.6 Å². The van der Waals surface area contributed by atoms with Crippen molar-refractivity contribution in [3.63, 3.8) is 0 Å². The van der Waals surface area contributed by atoms with Crippen molar-refractivity contribution in [2.24, 2.45) is 0 Å². The van der Waals surface area contributed by atoms with Gasteiger partial charge >= 0.3 is 0 Å². The molecule has 1 fully saturated rings. The fourth-order valence-corrected chi connectivity index (χ4v) is 7.70. The van der Waals surface area contributed by atoms with Crippen LogP contribution in [0.1, 0.15) is 36.8 Å². The molecule has 5 aromatic carbocycles. The minimum Gasteiger partial charge on any atom is -0.457 e. The predicted octanol–water partition coefficient (Wildman–Crippen LogP) is 7.51. The summed E-state index contributed by atoms with van der Waals surface area (Å²) in [4.78, 5) is 30.3. The zero-order chi connectivity index (χ0) is 35.6. The lowest BCUT2D eigenvalue weighted by atomic mass is 10.0. The second-order valence-electron chi connectivity index (χ2n) is 12.6. The van der Waals surface area contributed by atoms with Crippen molar-refractivity contribution in [2.75, 3.05) is 10.8 Å². The number of carbonyl (C=O) groups is 2. The number of anilines is 1. The molecule has 1 atom stereocenters. The molecule has 0 aliphatic heterocycles. The molecule has 6 rings (SSSR count). The lowest BCUT2D eigenvalue weighted by Crippen LogP contribution is -2.54. The maximum absolute atomic E-state index is 14.7. The minimum absolute atomic E-state index is 0.00677. The average molecular weight is 706 g/mol. The molecule has 51 heavy (non-hydrogen) atoms. The molecule has 0 saturated heterocycles. The molecule has 8 nitrogen and oxygen atoms in total. The molecule has 5 aromatic rings. The van der Waals surface area contributed by atoms with Gasteiger partial charge < -0.3 is 15.0 Å². The van der Waals surface area contributed by atoms with Crippen LogP contribution in [0.5, 0.6) is 11.5 Å². The number of rotatable bonds is 14. The monoisotopic (exact) mass is 705 g/mol. The van der Waals surface area contributed by atoms with Crippen LogP contribution >= 0.6 is 0 Å². The van der Waals surface area contributed by atoms with Crippen molar-refractivity contribution in [1.29, 1.82) is 0 Å². The molecule has 0 unspecified atom stereocenters. The van der Waals surface area contributed by atoms with E-state index in [-0.39, 0.29) is 35.5 Å². The number of nitrogens with one attached hydrogen (secondary N) is 1. The number of halogens is 1. The van der Waals surface area contributed by atoms with E-state index in [1.165, 1.54) is 29.2 Å². The standard InChI is InChI=1S/C41H40FN3O5S/c42-33-22-20-32(21-23-33)29-44(39(28-31-12-4-1-5-13-31)41(47)43-34-14-10-11-15-34)40(46)30-45(51(48,49)38-18-8-3-9-19-38)35-24-26-37(27-25-35)50-36-16-6-2-7-17-36/h1-9,12-13,16-27,34,39H,10-11,14-15,28-30H2,(H,43,47)/t39-/m0/s1. The van der Waals surface area contributed by atoms with E-state index in [9.17, 15) is 22.4 Å². The summed E-state index contributed by atoms with van der Waals surface area (Å²) >= 11 is 0. The van der Waals surface area contributed by atoms with Gasteiger partial charge in [-0.05, 0) is 84.6 Å². The summed E-state index contributed by atoms with van der Waals surface area (Å²) in [5.74, 6) is -0.243. The molecule has 1 aliphatic carbocycles. The summed E-state index contributed by atoms with van der Waals surface area (Å²) < 4.78 is 49.5. The number of amides is 2. The summed E-state index contributed by atoms with van der Waals surface area (Å²) in [5, 5.41) is 3.16. The SMILES string of the molecule is O=C(NC1CCCC1)[C@H](Cc1ccccc1)N(Cc1ccc(F)cc1)C(=O)CN(c1ccc(Oc2ccccc2)cc1)S(=O)(=O)c1ccccc1. The second kappa shape index (κ2) is 16.5. The molecule has 10 heteroatoms. The Morgan fingerprint density at radius 2 is 1.29 bits per heavy atom. The lowest BCUT2D eigenvalue weighted by Gasteiger charge is -2.34. The van der Waals surface area contributed by atoms with Crippen LogP contribution in [0.15, 0.2) is 144 Å². The summed E-state index contributed by atoms with van der Waals surface area (Å²) in [5.41, 5.74) is 1.67. The van der Waals surface area contributed by atoms with E-state index in [1.807, 2.05) is 60.7 Å². The summed E-state index contributed by atoms with van der Waals surface area (Å²) in [6.07, 6.45) is 3.91. The van der Waals surface area contributed by atoms with Gasteiger partial charge in [-0.15, -0.1) is 0 Å². The van der Waals surface area contributed by atoms with Gasteiger partial charge in [-0.1, -0.05) is 91.7 Å². The van der Waals surface area contributed by atoms with Crippen molar-refractivity contribution in [2.45, 2.75) is 55.6 Å². The van der Waals surface area contributed by atoms with Crippen LogP contribution in [0, 0.1) is 5.82 Å². The minimum atomic E-state index is -4.26. The highest BCUT2D eigenvalue weighted by Crippen LogP contribution is 2.29. The number of para-hydroxylation sites is 1. The third kappa shape index (κ3) is 9.20. The van der Waals surface area contributed by atoms with E-state index in [2.05, 4.69) is 5.32 Å². The van der Waals surface area contributed by atoms with Gasteiger partial charge in [0, 0.05) is 19.0 Å². The quantitative estimate of drug-likeness (QED) is 0.129. The van der Waals surface area contributed by atoms with Crippen molar-refractivity contribution in [3.05, 3.63) is 156 Å². The average Bonchev–Trinajstić information content (AvgIpc) is 3.67. The highest BCUT2D eigenvalue weighted by Gasteiger charge is 2.35. The Balaban J connectivity index is 1.37. The zero-order valence-corrected chi connectivity index (χ0v) is 28.9. The Bertz CT molecular complexity index is 1990. The van der Waals surface area contributed by atoms with Gasteiger partial charge in [0.15, 0.2) is 0 Å². The third-order valence-corrected chi connectivity index (χ3v) is 10.7. The molecule has 262 valence electrons. The molecule has 0 bridgehead atoms. The van der Waals surface area contributed by atoms with Crippen LogP contribution < -0.4 is 14.4 Å². The largest absolute Gasteiger partial charge is 0.457 e. The van der Waals surface area contributed by atoms with Gasteiger partial charge in [-0.25, -0.2) is 12.8 Å². The summed E-state index contributed by atoms with van der Waals surface area (Å²) in [7, 11) is -4.26. The zero-order valence-electron chi connectivity index (χ0n) is 28.1. The smallest absolute Gasteiger partial charge is 0.264 e. The number of hydrogen-bond donors (Lipinski definition) is 1. The van der Waals surface area contributed by atoms with E-state index in [4.69, 9.17) is 4.74 Å². The Kier molecular flexibility index (Phi) is 11.4. The molecule has 2 amide bonds. The van der Waals surface area contributed by atoms with Crippen LogP contribution in [0.4, 0.5) is 10.1 Å². The first-order valence-electron chi connectivity index (χ1n) is 17.1. The van der Waals surface area contributed by atoms with Crippen LogP contribution in [-0.2, 0) is 32.6 Å². The Morgan fingerprint density at radius 3 is 1.92 bits per heavy atom. The second-order valence-corrected chi connectivity index (χ2v) is 14.4. The first kappa shape index (κ1) is 35.3. The van der Waals surface area contributed by atoms with Crippen LogP contribution in [0.2, 0.25) is 0 Å². The maximum Gasteiger partial charge on any atom is 0.264 e. The number of sulfonamides is 1. The fraction of sp³-hybridized carbons (Fsp3) is 0.220. The van der Waals surface area contributed by atoms with E-state index >= 15 is 0 Å². The Morgan fingerprint density at radius 1 is 0.725 bits per heavy atom. The molecule has 0 radical (unpaired) electrons. The van der Waals surface area contributed by atoms with Gasteiger partial charge in [-0.3, -0.25) is 13.9 Å². The predicted molar refractivity (Wildman–Crippen MR) is 195 cm³/mol. The van der Waals surface area contributed by atoms with Crippen molar-refractivity contribution in [1.82, 2.24) is 10.2 Å². The molecule has 1 N–H and O–H groups in total. The highest BCUT2D eigenvalue weighted by molar-refractivity contribution is 7.92. The highest BCUT2D eigenvalue weighted by atomic mass is 32.2. The normalized spacial score (nSPS) is 13.7. The van der Waals surface area contributed by atoms with Gasteiger partial charge in [0.1, 0.15) is 29.9 Å². The molecule has 1 saturated carbocycles. The first-order valence-corrected chi connectivity index (χ1v) is 18.5. The molecule has 0 aromatic heterocycles. The van der Waals surface area contributed by atoms with Gasteiger partial charge in [0.2, 0.25) is 11.8 Å². The Hall–Kier alpha value is -5.48. The van der Waals surface area contributed by atoms with Crippen LogP contribution in [-0.4, -0.2) is 43.8 Å². The molecule has 0 spiro atoms. The van der Waals surface area contributed by atoms with Gasteiger partial charge in [-0.2, -0.15) is 0 Å². The topological polar surface area (TPSA) is 96.0 Å². The number of benzene rings is 5. The van der Waals surface area contributed by atoms with Gasteiger partial charge in [0.05, 0.1) is 10.6 Å². The fourth-order valence-electron chi connectivity index (χ4n) is 6.26. The molecular weight excluding hydrogens is 666 g/mol. The third-order valence-electron chi connectivity index (χ3n) is 8.95. The molecule has 1 aliphatic rings. The number of hydrogen-bond acceptors (Lipinski definition) is 5. The lowest BCUT2D eigenvalue weighted by molar-refractivity contribution is -0.140. The van der Waals surface area contributed by atoms with E-state index in [0.29, 0.717) is 17.1 Å². The van der Waals surface area contributed by atoms with Crippen molar-refractivity contribution in [3.8, 4) is 11.5 Å².